The van der Waals surface area contributed by atoms with Crippen LogP contribution in [0.4, 0.5) is 0 Å². The molecule has 3 aliphatic rings. The molecule has 1 saturated carbocycles. The number of carbonyl (C=O) groups excluding carboxylic acids is 1. The van der Waals surface area contributed by atoms with Gasteiger partial charge in [-0.1, -0.05) is 23.8 Å². The number of carboxylic acids is 1. The molecule has 1 amide bonds. The predicted octanol–water partition coefficient (Wildman–Crippen LogP) is 2.98. The van der Waals surface area contributed by atoms with E-state index in [0.29, 0.717) is 18.9 Å². The highest BCUT2D eigenvalue weighted by Crippen LogP contribution is 2.45. The average molecular weight is 370 g/mol. The number of piperidine rings is 1. The molecule has 5 nitrogen and oxygen atoms in total. The number of benzene rings is 1. The van der Waals surface area contributed by atoms with Crippen LogP contribution in [0, 0.1) is 25.2 Å². The summed E-state index contributed by atoms with van der Waals surface area (Å²) in [6.07, 6.45) is 4.66. The molecule has 5 heteroatoms. The zero-order valence-corrected chi connectivity index (χ0v) is 16.4. The van der Waals surface area contributed by atoms with Gasteiger partial charge in [0.15, 0.2) is 0 Å². The predicted molar refractivity (Wildman–Crippen MR) is 103 cm³/mol. The second kappa shape index (κ2) is 6.93. The molecule has 146 valence electrons. The Morgan fingerprint density at radius 2 is 1.89 bits per heavy atom. The van der Waals surface area contributed by atoms with Gasteiger partial charge in [0.2, 0.25) is 5.91 Å². The maximum atomic E-state index is 12.3. The Kier molecular flexibility index (Phi) is 4.75. The lowest BCUT2D eigenvalue weighted by molar-refractivity contribution is -0.142. The smallest absolute Gasteiger partial charge is 0.320 e. The topological polar surface area (TPSA) is 60.9 Å². The second-order valence-corrected chi connectivity index (χ2v) is 8.99. The summed E-state index contributed by atoms with van der Waals surface area (Å²) >= 11 is 0. The van der Waals surface area contributed by atoms with Gasteiger partial charge in [0.1, 0.15) is 6.04 Å². The van der Waals surface area contributed by atoms with Crippen LogP contribution in [0.3, 0.4) is 0 Å². The van der Waals surface area contributed by atoms with Crippen molar-refractivity contribution >= 4 is 11.9 Å². The maximum Gasteiger partial charge on any atom is 0.320 e. The minimum Gasteiger partial charge on any atom is -0.480 e. The first-order valence-corrected chi connectivity index (χ1v) is 10.2. The van der Waals surface area contributed by atoms with Crippen LogP contribution in [0.5, 0.6) is 0 Å². The minimum absolute atomic E-state index is 0.0428. The summed E-state index contributed by atoms with van der Waals surface area (Å²) < 4.78 is 0. The van der Waals surface area contributed by atoms with Crippen molar-refractivity contribution in [3.63, 3.8) is 0 Å². The molecular formula is C22H30N2O3. The number of nitrogens with zero attached hydrogens (tertiary/aromatic N) is 2. The van der Waals surface area contributed by atoms with Crippen LogP contribution in [0.25, 0.3) is 0 Å². The lowest BCUT2D eigenvalue weighted by Crippen LogP contribution is -2.44. The highest BCUT2D eigenvalue weighted by molar-refractivity contribution is 5.81. The summed E-state index contributed by atoms with van der Waals surface area (Å²) in [5.41, 5.74) is 3.69. The molecule has 4 rings (SSSR count). The van der Waals surface area contributed by atoms with E-state index < -0.39 is 12.0 Å². The molecule has 27 heavy (non-hydrogen) atoms. The molecule has 1 aromatic rings. The molecule has 1 atom stereocenters. The van der Waals surface area contributed by atoms with E-state index in [1.54, 1.807) is 0 Å². The first-order valence-electron chi connectivity index (χ1n) is 10.2. The molecule has 0 aromatic heterocycles. The molecule has 0 unspecified atom stereocenters. The van der Waals surface area contributed by atoms with Gasteiger partial charge in [-0.2, -0.15) is 0 Å². The van der Waals surface area contributed by atoms with E-state index in [-0.39, 0.29) is 11.3 Å². The van der Waals surface area contributed by atoms with Crippen molar-refractivity contribution in [2.45, 2.75) is 58.5 Å². The molecule has 1 aliphatic carbocycles. The number of aryl methyl sites for hydroxylation is 2. The Labute approximate surface area is 161 Å². The van der Waals surface area contributed by atoms with Crippen LogP contribution in [0.15, 0.2) is 18.2 Å². The van der Waals surface area contributed by atoms with Crippen molar-refractivity contribution in [2.24, 2.45) is 11.3 Å². The zero-order chi connectivity index (χ0) is 19.2. The zero-order valence-electron chi connectivity index (χ0n) is 16.4. The normalized spacial score (nSPS) is 25.1. The molecule has 1 aromatic carbocycles. The van der Waals surface area contributed by atoms with Crippen molar-refractivity contribution < 1.29 is 14.7 Å². The van der Waals surface area contributed by atoms with E-state index >= 15 is 0 Å². The standard InChI is InChI=1S/C22H30N2O3/c1-15-3-4-16(2)18(11-15)13-24-14-22(12-19(24)21(26)27)7-9-23(10-8-22)20(25)17-5-6-17/h3-4,11,17,19H,5-10,12-14H2,1-2H3,(H,26,27)/t19-/m1/s1. The van der Waals surface area contributed by atoms with Gasteiger partial charge < -0.3 is 10.0 Å². The van der Waals surface area contributed by atoms with Crippen molar-refractivity contribution in [3.8, 4) is 0 Å². The fourth-order valence-corrected chi connectivity index (χ4v) is 4.90. The summed E-state index contributed by atoms with van der Waals surface area (Å²) in [7, 11) is 0. The van der Waals surface area contributed by atoms with Gasteiger partial charge in [0.05, 0.1) is 0 Å². The number of carboxylic acid groups (broad SMARTS) is 1. The van der Waals surface area contributed by atoms with Gasteiger partial charge >= 0.3 is 5.97 Å². The third-order valence-electron chi connectivity index (χ3n) is 6.83. The highest BCUT2D eigenvalue weighted by Gasteiger charge is 2.49. The van der Waals surface area contributed by atoms with E-state index in [1.165, 1.54) is 16.7 Å². The number of amides is 1. The summed E-state index contributed by atoms with van der Waals surface area (Å²) in [4.78, 5) is 28.5. The number of likely N-dealkylation sites (tertiary alicyclic amines) is 2. The van der Waals surface area contributed by atoms with E-state index in [0.717, 1.165) is 45.3 Å². The highest BCUT2D eigenvalue weighted by atomic mass is 16.4. The van der Waals surface area contributed by atoms with Crippen LogP contribution < -0.4 is 0 Å². The number of hydrogen-bond donors (Lipinski definition) is 1. The summed E-state index contributed by atoms with van der Waals surface area (Å²) in [6.45, 7) is 7.27. The second-order valence-electron chi connectivity index (χ2n) is 8.99. The molecule has 3 fully saturated rings. The quantitative estimate of drug-likeness (QED) is 0.885. The Bertz CT molecular complexity index is 748. The molecule has 0 radical (unpaired) electrons. The summed E-state index contributed by atoms with van der Waals surface area (Å²) in [5, 5.41) is 9.81. The van der Waals surface area contributed by atoms with Crippen LogP contribution in [0.1, 0.15) is 48.8 Å². The Hall–Kier alpha value is -1.88. The fourth-order valence-electron chi connectivity index (χ4n) is 4.90. The molecule has 1 N–H and O–H groups in total. The Morgan fingerprint density at radius 1 is 1.19 bits per heavy atom. The lowest BCUT2D eigenvalue weighted by Gasteiger charge is -2.39. The first kappa shape index (κ1) is 18.5. The van der Waals surface area contributed by atoms with Gasteiger partial charge in [0, 0.05) is 32.1 Å². The molecular weight excluding hydrogens is 340 g/mol. The van der Waals surface area contributed by atoms with E-state index in [4.69, 9.17) is 0 Å². The van der Waals surface area contributed by atoms with Gasteiger partial charge in [-0.25, -0.2) is 0 Å². The third-order valence-corrected chi connectivity index (χ3v) is 6.83. The molecule has 2 heterocycles. The summed E-state index contributed by atoms with van der Waals surface area (Å²) in [5.74, 6) is -0.117. The maximum absolute atomic E-state index is 12.3. The van der Waals surface area contributed by atoms with E-state index in [1.807, 2.05) is 4.90 Å². The number of rotatable bonds is 4. The van der Waals surface area contributed by atoms with Crippen LogP contribution in [0.2, 0.25) is 0 Å². The Balaban J connectivity index is 1.46. The first-order chi connectivity index (χ1) is 12.9. The molecule has 2 saturated heterocycles. The lowest BCUT2D eigenvalue weighted by atomic mass is 9.76. The number of carbonyl (C=O) groups is 2. The number of aliphatic carboxylic acids is 1. The fraction of sp³-hybridized carbons (Fsp3) is 0.636. The van der Waals surface area contributed by atoms with Gasteiger partial charge in [0.25, 0.3) is 0 Å². The number of hydrogen-bond acceptors (Lipinski definition) is 3. The SMILES string of the molecule is Cc1ccc(C)c(CN2CC3(CCN(C(=O)C4CC4)CC3)C[C@@H]2C(=O)O)c1. The van der Waals surface area contributed by atoms with Gasteiger partial charge in [-0.3, -0.25) is 14.5 Å². The van der Waals surface area contributed by atoms with Crippen LogP contribution in [-0.4, -0.2) is 52.5 Å². The van der Waals surface area contributed by atoms with Gasteiger partial charge in [-0.15, -0.1) is 0 Å². The molecule has 0 bridgehead atoms. The van der Waals surface area contributed by atoms with Crippen LogP contribution in [-0.2, 0) is 16.1 Å². The molecule has 2 aliphatic heterocycles. The monoisotopic (exact) mass is 370 g/mol. The Morgan fingerprint density at radius 3 is 2.52 bits per heavy atom. The largest absolute Gasteiger partial charge is 0.480 e. The minimum atomic E-state index is -0.714. The van der Waals surface area contributed by atoms with Crippen molar-refractivity contribution in [2.75, 3.05) is 19.6 Å². The van der Waals surface area contributed by atoms with E-state index in [9.17, 15) is 14.7 Å². The van der Waals surface area contributed by atoms with Crippen molar-refractivity contribution in [1.82, 2.24) is 9.80 Å². The van der Waals surface area contributed by atoms with Crippen molar-refractivity contribution in [3.05, 3.63) is 34.9 Å². The molecule has 1 spiro atoms. The van der Waals surface area contributed by atoms with E-state index in [2.05, 4.69) is 36.9 Å². The third kappa shape index (κ3) is 3.75. The van der Waals surface area contributed by atoms with Gasteiger partial charge in [-0.05, 0) is 62.5 Å². The van der Waals surface area contributed by atoms with Crippen LogP contribution >= 0.6 is 0 Å². The van der Waals surface area contributed by atoms with Crippen molar-refractivity contribution in [1.29, 1.82) is 0 Å². The summed E-state index contributed by atoms with van der Waals surface area (Å²) in [6, 6.07) is 5.98. The average Bonchev–Trinajstić information content (AvgIpc) is 3.42.